The van der Waals surface area contributed by atoms with Crippen molar-refractivity contribution in [3.05, 3.63) is 58.1 Å². The van der Waals surface area contributed by atoms with Gasteiger partial charge in [0.2, 0.25) is 5.79 Å². The first-order chi connectivity index (χ1) is 12.9. The highest BCUT2D eigenvalue weighted by molar-refractivity contribution is 9.10. The average molecular weight is 439 g/mol. The van der Waals surface area contributed by atoms with E-state index in [9.17, 15) is 0 Å². The molecule has 148 valence electrons. The molecule has 2 rings (SSSR count). The second kappa shape index (κ2) is 9.52. The molecule has 0 saturated heterocycles. The van der Waals surface area contributed by atoms with Crippen molar-refractivity contribution in [1.29, 1.82) is 0 Å². The first-order valence-electron chi connectivity index (χ1n) is 8.50. The Kier molecular flexibility index (Phi) is 7.64. The lowest BCUT2D eigenvalue weighted by molar-refractivity contribution is -0.232. The molecule has 0 amide bonds. The monoisotopic (exact) mass is 438 g/mol. The van der Waals surface area contributed by atoms with Gasteiger partial charge in [-0.3, -0.25) is 0 Å². The van der Waals surface area contributed by atoms with E-state index in [1.807, 2.05) is 42.5 Å². The SMILES string of the molecule is COc1cc(CC(N)C(N)C(OC)(OC)c2ccccc2)c(OC)cc1Br. The van der Waals surface area contributed by atoms with Crippen molar-refractivity contribution in [3.8, 4) is 11.5 Å². The molecule has 0 aliphatic rings. The van der Waals surface area contributed by atoms with Gasteiger partial charge < -0.3 is 30.4 Å². The first kappa shape index (κ1) is 21.7. The maximum absolute atomic E-state index is 6.53. The van der Waals surface area contributed by atoms with Crippen molar-refractivity contribution >= 4 is 15.9 Å². The van der Waals surface area contributed by atoms with Crippen molar-refractivity contribution in [2.75, 3.05) is 28.4 Å². The summed E-state index contributed by atoms with van der Waals surface area (Å²) in [5.74, 6) is 0.234. The Morgan fingerprint density at radius 2 is 1.52 bits per heavy atom. The fourth-order valence-corrected chi connectivity index (χ4v) is 3.68. The molecule has 2 unspecified atom stereocenters. The number of hydrogen-bond acceptors (Lipinski definition) is 6. The van der Waals surface area contributed by atoms with Crippen molar-refractivity contribution in [3.63, 3.8) is 0 Å². The zero-order valence-electron chi connectivity index (χ0n) is 16.1. The lowest BCUT2D eigenvalue weighted by atomic mass is 9.89. The Morgan fingerprint density at radius 3 is 2.04 bits per heavy atom. The topological polar surface area (TPSA) is 89.0 Å². The quantitative estimate of drug-likeness (QED) is 0.585. The molecule has 2 aromatic rings. The summed E-state index contributed by atoms with van der Waals surface area (Å²) in [6, 6.07) is 12.2. The summed E-state index contributed by atoms with van der Waals surface area (Å²) >= 11 is 3.46. The van der Waals surface area contributed by atoms with Gasteiger partial charge in [-0.05, 0) is 40.0 Å². The van der Waals surface area contributed by atoms with Crippen LogP contribution in [0.4, 0.5) is 0 Å². The van der Waals surface area contributed by atoms with Gasteiger partial charge >= 0.3 is 0 Å². The van der Waals surface area contributed by atoms with Crippen LogP contribution >= 0.6 is 15.9 Å². The fraction of sp³-hybridized carbons (Fsp3) is 0.400. The number of methoxy groups -OCH3 is 4. The van der Waals surface area contributed by atoms with E-state index in [2.05, 4.69) is 15.9 Å². The maximum atomic E-state index is 6.53. The molecule has 0 saturated carbocycles. The molecule has 0 heterocycles. The molecule has 0 radical (unpaired) electrons. The number of halogens is 1. The van der Waals surface area contributed by atoms with Crippen LogP contribution in [-0.2, 0) is 21.7 Å². The highest BCUT2D eigenvalue weighted by Crippen LogP contribution is 2.35. The van der Waals surface area contributed by atoms with Crippen LogP contribution in [0.25, 0.3) is 0 Å². The molecule has 6 nitrogen and oxygen atoms in total. The van der Waals surface area contributed by atoms with Gasteiger partial charge in [0.25, 0.3) is 0 Å². The summed E-state index contributed by atoms with van der Waals surface area (Å²) in [5.41, 5.74) is 14.7. The van der Waals surface area contributed by atoms with Gasteiger partial charge in [0.15, 0.2) is 0 Å². The number of hydrogen-bond donors (Lipinski definition) is 2. The normalized spacial score (nSPS) is 13.9. The summed E-state index contributed by atoms with van der Waals surface area (Å²) in [4.78, 5) is 0. The smallest absolute Gasteiger partial charge is 0.211 e. The minimum Gasteiger partial charge on any atom is -0.496 e. The largest absolute Gasteiger partial charge is 0.496 e. The minimum atomic E-state index is -1.16. The summed E-state index contributed by atoms with van der Waals surface area (Å²) < 4.78 is 23.1. The molecule has 0 spiro atoms. The Bertz CT molecular complexity index is 738. The lowest BCUT2D eigenvalue weighted by Crippen LogP contribution is -2.58. The third-order valence-electron chi connectivity index (χ3n) is 4.69. The van der Waals surface area contributed by atoms with Gasteiger partial charge in [0, 0.05) is 25.8 Å². The Hall–Kier alpha value is -1.64. The molecule has 0 bridgehead atoms. The van der Waals surface area contributed by atoms with Gasteiger partial charge in [-0.25, -0.2) is 0 Å². The molecule has 7 heteroatoms. The van der Waals surface area contributed by atoms with Crippen LogP contribution in [0, 0.1) is 0 Å². The van der Waals surface area contributed by atoms with E-state index in [0.29, 0.717) is 17.9 Å². The van der Waals surface area contributed by atoms with Crippen LogP contribution in [0.3, 0.4) is 0 Å². The lowest BCUT2D eigenvalue weighted by Gasteiger charge is -2.39. The molecular formula is C20H27BrN2O4. The van der Waals surface area contributed by atoms with E-state index in [-0.39, 0.29) is 0 Å². The highest BCUT2D eigenvalue weighted by Gasteiger charge is 2.42. The van der Waals surface area contributed by atoms with E-state index in [4.69, 9.17) is 30.4 Å². The van der Waals surface area contributed by atoms with E-state index >= 15 is 0 Å². The number of nitrogens with two attached hydrogens (primary N) is 2. The molecule has 27 heavy (non-hydrogen) atoms. The molecule has 2 aromatic carbocycles. The van der Waals surface area contributed by atoms with Crippen molar-refractivity contribution in [2.24, 2.45) is 11.5 Å². The second-order valence-electron chi connectivity index (χ2n) is 6.13. The van der Waals surface area contributed by atoms with Crippen LogP contribution in [0.15, 0.2) is 46.9 Å². The summed E-state index contributed by atoms with van der Waals surface area (Å²) in [5, 5.41) is 0. The Labute approximate surface area is 168 Å². The molecular weight excluding hydrogens is 412 g/mol. The third-order valence-corrected chi connectivity index (χ3v) is 5.31. The van der Waals surface area contributed by atoms with Gasteiger partial charge in [0.1, 0.15) is 11.5 Å². The van der Waals surface area contributed by atoms with E-state index in [1.165, 1.54) is 0 Å². The van der Waals surface area contributed by atoms with Gasteiger partial charge in [0.05, 0.1) is 24.7 Å². The minimum absolute atomic E-state index is 0.454. The van der Waals surface area contributed by atoms with E-state index < -0.39 is 17.9 Å². The predicted octanol–water partition coefficient (Wildman–Crippen LogP) is 2.81. The zero-order valence-corrected chi connectivity index (χ0v) is 17.7. The van der Waals surface area contributed by atoms with Crippen LogP contribution in [0.2, 0.25) is 0 Å². The summed E-state index contributed by atoms with van der Waals surface area (Å²) in [7, 11) is 6.35. The maximum Gasteiger partial charge on any atom is 0.211 e. The molecule has 0 aromatic heterocycles. The summed E-state index contributed by atoms with van der Waals surface area (Å²) in [6.45, 7) is 0. The second-order valence-corrected chi connectivity index (χ2v) is 6.99. The summed E-state index contributed by atoms with van der Waals surface area (Å²) in [6.07, 6.45) is 0.454. The Morgan fingerprint density at radius 1 is 0.926 bits per heavy atom. The highest BCUT2D eigenvalue weighted by atomic mass is 79.9. The van der Waals surface area contributed by atoms with Gasteiger partial charge in [-0.15, -0.1) is 0 Å². The standard InChI is InChI=1S/C20H27BrN2O4/c1-24-17-12-15(21)18(25-2)11-13(17)10-16(22)19(23)20(26-3,27-4)14-8-6-5-7-9-14/h5-9,11-12,16,19H,10,22-23H2,1-4H3. The molecule has 0 fully saturated rings. The van der Waals surface area contributed by atoms with Crippen molar-refractivity contribution in [2.45, 2.75) is 24.3 Å². The van der Waals surface area contributed by atoms with Gasteiger partial charge in [-0.2, -0.15) is 0 Å². The van der Waals surface area contributed by atoms with Crippen LogP contribution in [-0.4, -0.2) is 40.5 Å². The molecule has 4 N–H and O–H groups in total. The third kappa shape index (κ3) is 4.44. The van der Waals surface area contributed by atoms with E-state index in [0.717, 1.165) is 15.6 Å². The van der Waals surface area contributed by atoms with Crippen LogP contribution < -0.4 is 20.9 Å². The van der Waals surface area contributed by atoms with Crippen molar-refractivity contribution < 1.29 is 18.9 Å². The van der Waals surface area contributed by atoms with Crippen LogP contribution in [0.5, 0.6) is 11.5 Å². The zero-order chi connectivity index (χ0) is 20.0. The predicted molar refractivity (Wildman–Crippen MR) is 109 cm³/mol. The molecule has 0 aliphatic heterocycles. The number of rotatable bonds is 9. The van der Waals surface area contributed by atoms with E-state index in [1.54, 1.807) is 28.4 Å². The molecule has 0 aliphatic carbocycles. The van der Waals surface area contributed by atoms with Crippen molar-refractivity contribution in [1.82, 2.24) is 0 Å². The average Bonchev–Trinajstić information content (AvgIpc) is 2.70. The van der Waals surface area contributed by atoms with Gasteiger partial charge in [-0.1, -0.05) is 30.3 Å². The number of benzene rings is 2. The first-order valence-corrected chi connectivity index (χ1v) is 9.30. The number of ether oxygens (including phenoxy) is 4. The fourth-order valence-electron chi connectivity index (χ4n) is 3.20. The Balaban J connectivity index is 2.35. The molecule has 2 atom stereocenters. The van der Waals surface area contributed by atoms with Crippen LogP contribution in [0.1, 0.15) is 11.1 Å².